The van der Waals surface area contributed by atoms with E-state index in [0.29, 0.717) is 23.6 Å². The zero-order chi connectivity index (χ0) is 25.1. The zero-order valence-electron chi connectivity index (χ0n) is 18.6. The Labute approximate surface area is 196 Å². The lowest BCUT2D eigenvalue weighted by Gasteiger charge is -2.17. The van der Waals surface area contributed by atoms with Crippen LogP contribution in [0.2, 0.25) is 0 Å². The third-order valence-electron chi connectivity index (χ3n) is 4.46. The quantitative estimate of drug-likeness (QED) is 0.197. The minimum absolute atomic E-state index is 0.0510. The van der Waals surface area contributed by atoms with Crippen LogP contribution in [0.25, 0.3) is 0 Å². The highest BCUT2D eigenvalue weighted by Gasteiger charge is 2.24. The van der Waals surface area contributed by atoms with Gasteiger partial charge in [-0.3, -0.25) is 24.6 Å². The number of benzene rings is 2. The molecule has 2 aromatic carbocycles. The standard InChI is InChI=1S/C23H27N5O6/c1-2-34-17-8-6-16(7-9-17)27-23(33)18(12-21(30)31)28-20(29)13-26-22(32)15-5-3-4-14(10-15)11-19(24)25/h3-10,18H,2,11-13H2,1H3,(H3,24,25)(H,26,32)(H,27,33)(H,28,29)(H,30,31)/t18-/m0/s1. The van der Waals surface area contributed by atoms with Gasteiger partial charge in [0.15, 0.2) is 0 Å². The highest BCUT2D eigenvalue weighted by Crippen LogP contribution is 2.16. The van der Waals surface area contributed by atoms with Crippen molar-refractivity contribution in [3.8, 4) is 5.75 Å². The van der Waals surface area contributed by atoms with Crippen molar-refractivity contribution in [3.63, 3.8) is 0 Å². The van der Waals surface area contributed by atoms with Crippen LogP contribution in [-0.4, -0.2) is 53.8 Å². The molecule has 1 atom stereocenters. The van der Waals surface area contributed by atoms with Crippen molar-refractivity contribution in [2.75, 3.05) is 18.5 Å². The van der Waals surface area contributed by atoms with E-state index in [9.17, 15) is 19.2 Å². The van der Waals surface area contributed by atoms with Crippen molar-refractivity contribution in [2.24, 2.45) is 5.73 Å². The molecule has 0 radical (unpaired) electrons. The second kappa shape index (κ2) is 12.6. The maximum atomic E-state index is 12.5. The van der Waals surface area contributed by atoms with Gasteiger partial charge in [0.1, 0.15) is 11.8 Å². The van der Waals surface area contributed by atoms with Crippen molar-refractivity contribution in [3.05, 3.63) is 59.7 Å². The number of rotatable bonds is 12. The summed E-state index contributed by atoms with van der Waals surface area (Å²) >= 11 is 0. The van der Waals surface area contributed by atoms with E-state index in [1.165, 1.54) is 6.07 Å². The number of nitrogens with two attached hydrogens (primary N) is 1. The number of amidine groups is 1. The van der Waals surface area contributed by atoms with E-state index < -0.39 is 42.7 Å². The molecule has 0 saturated heterocycles. The molecule has 0 heterocycles. The molecule has 34 heavy (non-hydrogen) atoms. The number of carboxylic acids is 1. The summed E-state index contributed by atoms with van der Waals surface area (Å²) in [5.74, 6) is -2.72. The third-order valence-corrected chi connectivity index (χ3v) is 4.46. The average molecular weight is 469 g/mol. The maximum absolute atomic E-state index is 12.5. The minimum atomic E-state index is -1.35. The Kier molecular flexibility index (Phi) is 9.56. The van der Waals surface area contributed by atoms with Crippen LogP contribution in [0, 0.1) is 5.41 Å². The average Bonchev–Trinajstić information content (AvgIpc) is 2.78. The SMILES string of the molecule is CCOc1ccc(NC(=O)[C@H](CC(=O)O)NC(=O)CNC(=O)c2cccc(CC(=N)N)c2)cc1. The van der Waals surface area contributed by atoms with Crippen molar-refractivity contribution < 1.29 is 29.0 Å². The van der Waals surface area contributed by atoms with Crippen LogP contribution in [0.1, 0.15) is 29.3 Å². The van der Waals surface area contributed by atoms with Crippen LogP contribution in [-0.2, 0) is 20.8 Å². The molecule has 11 heteroatoms. The van der Waals surface area contributed by atoms with Crippen LogP contribution in [0.3, 0.4) is 0 Å². The second-order valence-electron chi connectivity index (χ2n) is 7.25. The number of nitrogens with one attached hydrogen (secondary N) is 4. The molecule has 0 aliphatic heterocycles. The van der Waals surface area contributed by atoms with Gasteiger partial charge in [0.05, 0.1) is 25.4 Å². The van der Waals surface area contributed by atoms with E-state index >= 15 is 0 Å². The van der Waals surface area contributed by atoms with Crippen molar-refractivity contribution >= 4 is 35.2 Å². The van der Waals surface area contributed by atoms with Crippen molar-refractivity contribution in [2.45, 2.75) is 25.8 Å². The molecule has 0 aromatic heterocycles. The summed E-state index contributed by atoms with van der Waals surface area (Å²) in [5, 5.41) is 23.7. The summed E-state index contributed by atoms with van der Waals surface area (Å²) in [5.41, 5.74) is 6.70. The molecule has 0 aliphatic rings. The van der Waals surface area contributed by atoms with Gasteiger partial charge in [0.25, 0.3) is 5.91 Å². The first-order chi connectivity index (χ1) is 16.2. The van der Waals surface area contributed by atoms with Gasteiger partial charge in [0.2, 0.25) is 11.8 Å². The zero-order valence-corrected chi connectivity index (χ0v) is 18.6. The largest absolute Gasteiger partial charge is 0.494 e. The molecule has 2 aromatic rings. The lowest BCUT2D eigenvalue weighted by molar-refractivity contribution is -0.139. The number of carbonyl (C=O) groups excluding carboxylic acids is 3. The Morgan fingerprint density at radius 1 is 1.12 bits per heavy atom. The van der Waals surface area contributed by atoms with Gasteiger partial charge < -0.3 is 31.5 Å². The fourth-order valence-corrected chi connectivity index (χ4v) is 2.96. The van der Waals surface area contributed by atoms with E-state index in [4.69, 9.17) is 21.0 Å². The number of carbonyl (C=O) groups is 4. The Hall–Kier alpha value is -4.41. The Bertz CT molecular complexity index is 1050. The molecule has 11 nitrogen and oxygen atoms in total. The first kappa shape index (κ1) is 25.8. The third kappa shape index (κ3) is 8.61. The summed E-state index contributed by atoms with van der Waals surface area (Å²) in [6.07, 6.45) is -0.461. The normalized spacial score (nSPS) is 11.1. The van der Waals surface area contributed by atoms with Gasteiger partial charge in [-0.25, -0.2) is 0 Å². The summed E-state index contributed by atoms with van der Waals surface area (Å²) in [4.78, 5) is 48.4. The number of amides is 3. The molecule has 0 saturated carbocycles. The molecule has 7 N–H and O–H groups in total. The molecular weight excluding hydrogens is 442 g/mol. The number of carboxylic acid groups (broad SMARTS) is 1. The number of hydrogen-bond donors (Lipinski definition) is 6. The highest BCUT2D eigenvalue weighted by molar-refractivity contribution is 6.00. The Morgan fingerprint density at radius 2 is 1.82 bits per heavy atom. The lowest BCUT2D eigenvalue weighted by atomic mass is 10.1. The Morgan fingerprint density at radius 3 is 2.44 bits per heavy atom. The van der Waals surface area contributed by atoms with Crippen LogP contribution in [0.15, 0.2) is 48.5 Å². The fraction of sp³-hybridized carbons (Fsp3) is 0.261. The molecule has 0 fully saturated rings. The number of ether oxygens (including phenoxy) is 1. The van der Waals surface area contributed by atoms with Crippen LogP contribution in [0.5, 0.6) is 5.75 Å². The lowest BCUT2D eigenvalue weighted by Crippen LogP contribution is -2.48. The predicted molar refractivity (Wildman–Crippen MR) is 125 cm³/mol. The van der Waals surface area contributed by atoms with Crippen LogP contribution < -0.4 is 26.4 Å². The van der Waals surface area contributed by atoms with E-state index in [2.05, 4.69) is 16.0 Å². The monoisotopic (exact) mass is 469 g/mol. The maximum Gasteiger partial charge on any atom is 0.305 e. The highest BCUT2D eigenvalue weighted by atomic mass is 16.5. The molecule has 0 bridgehead atoms. The van der Waals surface area contributed by atoms with E-state index in [0.717, 1.165) is 0 Å². The number of aliphatic carboxylic acids is 1. The summed E-state index contributed by atoms with van der Waals surface area (Å²) in [7, 11) is 0. The molecular formula is C23H27N5O6. The summed E-state index contributed by atoms with van der Waals surface area (Å²) in [6.45, 7) is 1.85. The van der Waals surface area contributed by atoms with Gasteiger partial charge in [-0.15, -0.1) is 0 Å². The Balaban J connectivity index is 1.95. The molecule has 3 amide bonds. The second-order valence-corrected chi connectivity index (χ2v) is 7.25. The fourth-order valence-electron chi connectivity index (χ4n) is 2.96. The van der Waals surface area contributed by atoms with Gasteiger partial charge in [0, 0.05) is 17.7 Å². The molecule has 0 aliphatic carbocycles. The van der Waals surface area contributed by atoms with E-state index in [1.54, 1.807) is 42.5 Å². The minimum Gasteiger partial charge on any atom is -0.494 e. The van der Waals surface area contributed by atoms with Crippen molar-refractivity contribution in [1.82, 2.24) is 10.6 Å². The summed E-state index contributed by atoms with van der Waals surface area (Å²) in [6, 6.07) is 11.5. The topological polar surface area (TPSA) is 184 Å². The van der Waals surface area contributed by atoms with Crippen molar-refractivity contribution in [1.29, 1.82) is 5.41 Å². The van der Waals surface area contributed by atoms with E-state index in [1.807, 2.05) is 6.92 Å². The predicted octanol–water partition coefficient (Wildman–Crippen LogP) is 0.892. The first-order valence-electron chi connectivity index (χ1n) is 10.4. The molecule has 0 spiro atoms. The van der Waals surface area contributed by atoms with E-state index in [-0.39, 0.29) is 17.8 Å². The number of anilines is 1. The van der Waals surface area contributed by atoms with Gasteiger partial charge in [-0.05, 0) is 48.9 Å². The van der Waals surface area contributed by atoms with Crippen LogP contribution >= 0.6 is 0 Å². The van der Waals surface area contributed by atoms with Gasteiger partial charge >= 0.3 is 5.97 Å². The van der Waals surface area contributed by atoms with Gasteiger partial charge in [-0.1, -0.05) is 12.1 Å². The summed E-state index contributed by atoms with van der Waals surface area (Å²) < 4.78 is 5.32. The molecule has 2 rings (SSSR count). The molecule has 180 valence electrons. The first-order valence-corrected chi connectivity index (χ1v) is 10.4. The van der Waals surface area contributed by atoms with Gasteiger partial charge in [-0.2, -0.15) is 0 Å². The smallest absolute Gasteiger partial charge is 0.305 e. The molecule has 0 unspecified atom stereocenters. The number of hydrogen-bond acceptors (Lipinski definition) is 6. The van der Waals surface area contributed by atoms with Crippen LogP contribution in [0.4, 0.5) is 5.69 Å².